The third kappa shape index (κ3) is 2.42. The van der Waals surface area contributed by atoms with Crippen LogP contribution in [0.4, 0.5) is 17.2 Å². The van der Waals surface area contributed by atoms with Crippen LogP contribution in [0.1, 0.15) is 28.0 Å². The number of carboxylic acids is 1. The van der Waals surface area contributed by atoms with Gasteiger partial charge in [0.25, 0.3) is 0 Å². The van der Waals surface area contributed by atoms with Crippen LogP contribution in [0.2, 0.25) is 0 Å². The molecule has 0 fully saturated rings. The van der Waals surface area contributed by atoms with Crippen molar-refractivity contribution in [1.82, 2.24) is 4.98 Å². The van der Waals surface area contributed by atoms with Gasteiger partial charge in [0.2, 0.25) is 0 Å². The zero-order valence-corrected chi connectivity index (χ0v) is 11.8. The zero-order chi connectivity index (χ0) is 15.0. The fraction of sp³-hybridized carbons (Fsp3) is 0.250. The van der Waals surface area contributed by atoms with Gasteiger partial charge in [-0.2, -0.15) is 0 Å². The van der Waals surface area contributed by atoms with Gasteiger partial charge in [-0.05, 0) is 43.5 Å². The van der Waals surface area contributed by atoms with E-state index in [4.69, 9.17) is 10.8 Å². The van der Waals surface area contributed by atoms with Gasteiger partial charge >= 0.3 is 5.97 Å². The number of hydrogen-bond acceptors (Lipinski definition) is 4. The van der Waals surface area contributed by atoms with Crippen molar-refractivity contribution in [1.29, 1.82) is 0 Å². The molecule has 3 rings (SSSR count). The molecule has 1 aromatic heterocycles. The Kier molecular flexibility index (Phi) is 3.25. The van der Waals surface area contributed by atoms with Crippen molar-refractivity contribution in [3.05, 3.63) is 47.2 Å². The van der Waals surface area contributed by atoms with E-state index < -0.39 is 5.97 Å². The van der Waals surface area contributed by atoms with Crippen LogP contribution in [0.25, 0.3) is 0 Å². The number of nitrogen functional groups attached to an aromatic ring is 1. The van der Waals surface area contributed by atoms with Crippen molar-refractivity contribution >= 4 is 23.2 Å². The van der Waals surface area contributed by atoms with Crippen LogP contribution in [0.15, 0.2) is 30.3 Å². The third-order valence-corrected chi connectivity index (χ3v) is 3.73. The van der Waals surface area contributed by atoms with E-state index in [9.17, 15) is 4.79 Å². The van der Waals surface area contributed by atoms with Gasteiger partial charge in [-0.1, -0.05) is 17.7 Å². The predicted molar refractivity (Wildman–Crippen MR) is 82.1 cm³/mol. The minimum absolute atomic E-state index is 0.0124. The summed E-state index contributed by atoms with van der Waals surface area (Å²) < 4.78 is 0. The van der Waals surface area contributed by atoms with Gasteiger partial charge in [0.15, 0.2) is 11.5 Å². The highest BCUT2D eigenvalue weighted by molar-refractivity contribution is 5.87. The Hall–Kier alpha value is -2.56. The van der Waals surface area contributed by atoms with Crippen LogP contribution in [-0.2, 0) is 6.42 Å². The highest BCUT2D eigenvalue weighted by Crippen LogP contribution is 2.35. The summed E-state index contributed by atoms with van der Waals surface area (Å²) >= 11 is 0. The summed E-state index contributed by atoms with van der Waals surface area (Å²) in [6, 6.07) is 9.31. The molecule has 0 saturated heterocycles. The number of carboxylic acid groups (broad SMARTS) is 1. The Morgan fingerprint density at radius 2 is 2.14 bits per heavy atom. The van der Waals surface area contributed by atoms with Crippen LogP contribution in [0.5, 0.6) is 0 Å². The van der Waals surface area contributed by atoms with Gasteiger partial charge in [0.1, 0.15) is 0 Å². The SMILES string of the molecule is Cc1ccc2c(c1)CCCN2c1nc(C(=O)O)ccc1N. The lowest BCUT2D eigenvalue weighted by Crippen LogP contribution is -2.26. The largest absolute Gasteiger partial charge is 0.477 e. The summed E-state index contributed by atoms with van der Waals surface area (Å²) in [5.74, 6) is -0.517. The maximum Gasteiger partial charge on any atom is 0.354 e. The molecule has 0 spiro atoms. The van der Waals surface area contributed by atoms with Gasteiger partial charge in [-0.15, -0.1) is 0 Å². The number of carbonyl (C=O) groups is 1. The summed E-state index contributed by atoms with van der Waals surface area (Å²) in [7, 11) is 0. The summed E-state index contributed by atoms with van der Waals surface area (Å²) in [5.41, 5.74) is 10.1. The highest BCUT2D eigenvalue weighted by atomic mass is 16.4. The second-order valence-corrected chi connectivity index (χ2v) is 5.30. The summed E-state index contributed by atoms with van der Waals surface area (Å²) in [5, 5.41) is 9.11. The van der Waals surface area contributed by atoms with E-state index in [2.05, 4.69) is 24.0 Å². The first-order valence-corrected chi connectivity index (χ1v) is 6.93. The molecule has 0 saturated carbocycles. The average molecular weight is 283 g/mol. The summed E-state index contributed by atoms with van der Waals surface area (Å²) in [6.45, 7) is 2.85. The predicted octanol–water partition coefficient (Wildman–Crippen LogP) is 2.75. The second kappa shape index (κ2) is 5.09. The summed E-state index contributed by atoms with van der Waals surface area (Å²) in [6.07, 6.45) is 2.01. The number of benzene rings is 1. The Bertz CT molecular complexity index is 713. The molecule has 0 amide bonds. The quantitative estimate of drug-likeness (QED) is 0.886. The van der Waals surface area contributed by atoms with Crippen molar-refractivity contribution in [2.24, 2.45) is 0 Å². The van der Waals surface area contributed by atoms with Crippen LogP contribution in [0, 0.1) is 6.92 Å². The molecule has 0 bridgehead atoms. The number of aryl methyl sites for hydroxylation is 2. The molecule has 0 unspecified atom stereocenters. The first-order valence-electron chi connectivity index (χ1n) is 6.93. The molecule has 0 aliphatic carbocycles. The standard InChI is InChI=1S/C16H17N3O2/c1-10-4-7-14-11(9-10)3-2-8-19(14)15-12(17)5-6-13(18-15)16(20)21/h4-7,9H,2-3,8,17H2,1H3,(H,20,21). The molecule has 5 heteroatoms. The maximum atomic E-state index is 11.1. The molecule has 2 aromatic rings. The molecule has 5 nitrogen and oxygen atoms in total. The van der Waals surface area contributed by atoms with E-state index in [0.717, 1.165) is 25.1 Å². The fourth-order valence-electron chi connectivity index (χ4n) is 2.74. The van der Waals surface area contributed by atoms with Gasteiger partial charge in [-0.25, -0.2) is 9.78 Å². The van der Waals surface area contributed by atoms with Crippen molar-refractivity contribution < 1.29 is 9.90 Å². The lowest BCUT2D eigenvalue weighted by atomic mass is 9.99. The maximum absolute atomic E-state index is 11.1. The van der Waals surface area contributed by atoms with E-state index in [-0.39, 0.29) is 5.69 Å². The molecule has 2 heterocycles. The van der Waals surface area contributed by atoms with Gasteiger partial charge < -0.3 is 15.7 Å². The Balaban J connectivity index is 2.10. The van der Waals surface area contributed by atoms with Gasteiger partial charge in [0, 0.05) is 12.2 Å². The first kappa shape index (κ1) is 13.4. The minimum atomic E-state index is -1.04. The molecule has 1 aliphatic rings. The second-order valence-electron chi connectivity index (χ2n) is 5.30. The van der Waals surface area contributed by atoms with Crippen LogP contribution in [0.3, 0.4) is 0 Å². The number of pyridine rings is 1. The molecular weight excluding hydrogens is 266 g/mol. The fourth-order valence-corrected chi connectivity index (χ4v) is 2.74. The Morgan fingerprint density at radius 1 is 1.33 bits per heavy atom. The number of hydrogen-bond donors (Lipinski definition) is 2. The van der Waals surface area contributed by atoms with E-state index in [1.54, 1.807) is 6.07 Å². The van der Waals surface area contributed by atoms with Crippen molar-refractivity contribution in [3.63, 3.8) is 0 Å². The Morgan fingerprint density at radius 3 is 2.90 bits per heavy atom. The van der Waals surface area contributed by atoms with Crippen LogP contribution < -0.4 is 10.6 Å². The van der Waals surface area contributed by atoms with Crippen LogP contribution in [-0.4, -0.2) is 22.6 Å². The number of anilines is 3. The smallest absolute Gasteiger partial charge is 0.354 e. The molecule has 0 atom stereocenters. The normalized spacial score (nSPS) is 13.9. The zero-order valence-electron chi connectivity index (χ0n) is 11.8. The average Bonchev–Trinajstić information content (AvgIpc) is 2.46. The molecular formula is C16H17N3O2. The number of rotatable bonds is 2. The molecule has 21 heavy (non-hydrogen) atoms. The Labute approximate surface area is 123 Å². The van der Waals surface area contributed by atoms with Crippen LogP contribution >= 0.6 is 0 Å². The van der Waals surface area contributed by atoms with Gasteiger partial charge in [-0.3, -0.25) is 0 Å². The third-order valence-electron chi connectivity index (χ3n) is 3.73. The number of fused-ring (bicyclic) bond motifs is 1. The number of aromatic nitrogens is 1. The lowest BCUT2D eigenvalue weighted by molar-refractivity contribution is 0.0690. The lowest BCUT2D eigenvalue weighted by Gasteiger charge is -2.31. The molecule has 108 valence electrons. The monoisotopic (exact) mass is 283 g/mol. The number of nitrogens with two attached hydrogens (primary N) is 1. The highest BCUT2D eigenvalue weighted by Gasteiger charge is 2.22. The number of nitrogens with zero attached hydrogens (tertiary/aromatic N) is 2. The van der Waals surface area contributed by atoms with Crippen molar-refractivity contribution in [3.8, 4) is 0 Å². The number of aromatic carboxylic acids is 1. The van der Waals surface area contributed by atoms with E-state index >= 15 is 0 Å². The molecule has 1 aliphatic heterocycles. The summed E-state index contributed by atoms with van der Waals surface area (Å²) in [4.78, 5) is 17.3. The topological polar surface area (TPSA) is 79.5 Å². The van der Waals surface area contributed by atoms with E-state index in [1.807, 2.05) is 11.0 Å². The molecule has 1 aromatic carbocycles. The molecule has 0 radical (unpaired) electrons. The van der Waals surface area contributed by atoms with Gasteiger partial charge in [0.05, 0.1) is 5.69 Å². The van der Waals surface area contributed by atoms with Crippen molar-refractivity contribution in [2.45, 2.75) is 19.8 Å². The van der Waals surface area contributed by atoms with E-state index in [1.165, 1.54) is 17.2 Å². The van der Waals surface area contributed by atoms with E-state index in [0.29, 0.717) is 11.5 Å². The minimum Gasteiger partial charge on any atom is -0.477 e. The first-order chi connectivity index (χ1) is 10.1. The molecule has 3 N–H and O–H groups in total. The van der Waals surface area contributed by atoms with Crippen molar-refractivity contribution in [2.75, 3.05) is 17.2 Å².